The molecule has 0 saturated heterocycles. The predicted octanol–water partition coefficient (Wildman–Crippen LogP) is 5.41. The molecular formula is C22H31NO4SSi. The summed E-state index contributed by atoms with van der Waals surface area (Å²) in [5, 5.41) is 2.01. The zero-order chi connectivity index (χ0) is 21.3. The molecule has 0 aliphatic heterocycles. The molecule has 5 nitrogen and oxygen atoms in total. The minimum atomic E-state index is -1.23. The van der Waals surface area contributed by atoms with Gasteiger partial charge in [-0.2, -0.15) is 0 Å². The van der Waals surface area contributed by atoms with E-state index in [1.54, 1.807) is 23.3 Å². The summed E-state index contributed by atoms with van der Waals surface area (Å²) in [5.74, 6) is 0.707. The van der Waals surface area contributed by atoms with Gasteiger partial charge >= 0.3 is 6.09 Å². The topological polar surface area (TPSA) is 55.8 Å². The van der Waals surface area contributed by atoms with Crippen molar-refractivity contribution in [3.63, 3.8) is 0 Å². The van der Waals surface area contributed by atoms with Gasteiger partial charge < -0.3 is 19.2 Å². The molecule has 1 heterocycles. The first-order valence-electron chi connectivity index (χ1n) is 9.89. The first-order valence-corrected chi connectivity index (χ1v) is 14.5. The summed E-state index contributed by atoms with van der Waals surface area (Å²) in [4.78, 5) is 25.9. The molecule has 1 aromatic heterocycles. The number of amides is 1. The van der Waals surface area contributed by atoms with E-state index < -0.39 is 8.07 Å². The van der Waals surface area contributed by atoms with Crippen molar-refractivity contribution in [1.29, 1.82) is 0 Å². The molecule has 0 bridgehead atoms. The maximum absolute atomic E-state index is 12.3. The lowest BCUT2D eigenvalue weighted by molar-refractivity contribution is -0.107. The van der Waals surface area contributed by atoms with Crippen LogP contribution in [0.15, 0.2) is 41.8 Å². The molecule has 29 heavy (non-hydrogen) atoms. The average molecular weight is 434 g/mol. The van der Waals surface area contributed by atoms with Crippen LogP contribution in [0.5, 0.6) is 5.75 Å². The zero-order valence-electron chi connectivity index (χ0n) is 17.7. The highest BCUT2D eigenvalue weighted by Gasteiger charge is 2.20. The van der Waals surface area contributed by atoms with Crippen LogP contribution >= 0.6 is 11.3 Å². The number of hydrogen-bond acceptors (Lipinski definition) is 5. The number of rotatable bonds is 11. The van der Waals surface area contributed by atoms with Crippen molar-refractivity contribution in [3.8, 4) is 5.75 Å². The number of thiophene rings is 1. The first-order chi connectivity index (χ1) is 13.8. The van der Waals surface area contributed by atoms with E-state index in [1.807, 2.05) is 41.8 Å². The number of carbonyl (C=O) groups is 2. The van der Waals surface area contributed by atoms with Crippen molar-refractivity contribution in [2.75, 3.05) is 20.2 Å². The minimum absolute atomic E-state index is 0.194. The van der Waals surface area contributed by atoms with Crippen molar-refractivity contribution in [2.24, 2.45) is 0 Å². The van der Waals surface area contributed by atoms with Crippen molar-refractivity contribution < 1.29 is 19.1 Å². The summed E-state index contributed by atoms with van der Waals surface area (Å²) in [6, 6.07) is 12.6. The Hall–Kier alpha value is -2.12. The maximum atomic E-state index is 12.3. The van der Waals surface area contributed by atoms with E-state index in [9.17, 15) is 9.59 Å². The Labute approximate surface area is 178 Å². The number of nitrogens with zero attached hydrogens (tertiary/aromatic N) is 1. The second kappa shape index (κ2) is 11.2. The minimum Gasteiger partial charge on any atom is -0.485 e. The van der Waals surface area contributed by atoms with Crippen LogP contribution in [-0.4, -0.2) is 45.6 Å². The summed E-state index contributed by atoms with van der Waals surface area (Å²) >= 11 is 1.62. The molecule has 0 aliphatic rings. The van der Waals surface area contributed by atoms with Gasteiger partial charge in [-0.3, -0.25) is 0 Å². The van der Waals surface area contributed by atoms with Crippen LogP contribution in [0.1, 0.15) is 23.0 Å². The Morgan fingerprint density at radius 2 is 1.97 bits per heavy atom. The van der Waals surface area contributed by atoms with Crippen LogP contribution in [0.25, 0.3) is 0 Å². The molecule has 1 aromatic carbocycles. The van der Waals surface area contributed by atoms with Gasteiger partial charge in [0.1, 0.15) is 18.1 Å². The third-order valence-corrected chi connectivity index (χ3v) is 7.19. The number of hydrogen-bond donors (Lipinski definition) is 0. The standard InChI is InChI=1S/C22H31NO4SSi/c1-23(22(25)26-15-17-29(2,3)4)13-11-20(21-10-7-16-28-21)27-19-9-6-5-8-18(19)12-14-24/h5-10,14,16,20H,11-13,15,17H2,1-4H3/t20-/m1/s1. The molecular weight excluding hydrogens is 402 g/mol. The highest BCUT2D eigenvalue weighted by molar-refractivity contribution is 7.10. The fourth-order valence-corrected chi connectivity index (χ4v) is 4.22. The van der Waals surface area contributed by atoms with Gasteiger partial charge in [0.25, 0.3) is 0 Å². The maximum Gasteiger partial charge on any atom is 0.409 e. The molecule has 0 aliphatic carbocycles. The molecule has 0 N–H and O–H groups in total. The molecule has 0 saturated carbocycles. The number of aldehydes is 1. The van der Waals surface area contributed by atoms with Crippen molar-refractivity contribution in [2.45, 2.75) is 44.6 Å². The van der Waals surface area contributed by atoms with E-state index in [4.69, 9.17) is 9.47 Å². The second-order valence-electron chi connectivity index (χ2n) is 8.24. The Bertz CT molecular complexity index is 773. The average Bonchev–Trinajstić information content (AvgIpc) is 3.20. The summed E-state index contributed by atoms with van der Waals surface area (Å²) in [7, 11) is 0.526. The summed E-state index contributed by atoms with van der Waals surface area (Å²) in [5.41, 5.74) is 0.864. The van der Waals surface area contributed by atoms with E-state index >= 15 is 0 Å². The molecule has 2 aromatic rings. The summed E-state index contributed by atoms with van der Waals surface area (Å²) in [6.45, 7) is 7.77. The van der Waals surface area contributed by atoms with Gasteiger partial charge in [0.2, 0.25) is 0 Å². The molecule has 1 amide bonds. The quantitative estimate of drug-likeness (QED) is 0.351. The van der Waals surface area contributed by atoms with Crippen LogP contribution in [0.2, 0.25) is 25.7 Å². The highest BCUT2D eigenvalue weighted by Crippen LogP contribution is 2.30. The Morgan fingerprint density at radius 3 is 2.62 bits per heavy atom. The molecule has 158 valence electrons. The number of carbonyl (C=O) groups excluding carboxylic acids is 2. The molecule has 0 spiro atoms. The largest absolute Gasteiger partial charge is 0.485 e. The van der Waals surface area contributed by atoms with Crippen LogP contribution in [0.3, 0.4) is 0 Å². The van der Waals surface area contributed by atoms with Gasteiger partial charge in [-0.15, -0.1) is 11.3 Å². The van der Waals surface area contributed by atoms with Crippen LogP contribution < -0.4 is 4.74 Å². The molecule has 0 fully saturated rings. The highest BCUT2D eigenvalue weighted by atomic mass is 32.1. The monoisotopic (exact) mass is 433 g/mol. The van der Waals surface area contributed by atoms with E-state index in [0.29, 0.717) is 31.7 Å². The van der Waals surface area contributed by atoms with E-state index in [2.05, 4.69) is 19.6 Å². The number of benzene rings is 1. The Morgan fingerprint density at radius 1 is 1.21 bits per heavy atom. The fourth-order valence-electron chi connectivity index (χ4n) is 2.72. The molecule has 0 unspecified atom stereocenters. The van der Waals surface area contributed by atoms with Crippen molar-refractivity contribution in [1.82, 2.24) is 4.90 Å². The van der Waals surface area contributed by atoms with Crippen LogP contribution in [0.4, 0.5) is 4.79 Å². The smallest absolute Gasteiger partial charge is 0.409 e. The zero-order valence-corrected chi connectivity index (χ0v) is 19.5. The third kappa shape index (κ3) is 8.02. The predicted molar refractivity (Wildman–Crippen MR) is 121 cm³/mol. The summed E-state index contributed by atoms with van der Waals surface area (Å²) < 4.78 is 11.7. The number of ether oxygens (including phenoxy) is 2. The number of para-hydroxylation sites is 1. The lowest BCUT2D eigenvalue weighted by Gasteiger charge is -2.23. The fraction of sp³-hybridized carbons (Fsp3) is 0.455. The van der Waals surface area contributed by atoms with Gasteiger partial charge in [-0.25, -0.2) is 4.79 Å². The van der Waals surface area contributed by atoms with Crippen molar-refractivity contribution in [3.05, 3.63) is 52.2 Å². The molecule has 2 rings (SSSR count). The van der Waals surface area contributed by atoms with Gasteiger partial charge in [0.15, 0.2) is 0 Å². The summed E-state index contributed by atoms with van der Waals surface area (Å²) in [6.07, 6.45) is 1.34. The first kappa shape index (κ1) is 23.2. The SMILES string of the molecule is CN(CC[C@@H](Oc1ccccc1CC=O)c1cccs1)C(=O)OCC[Si](C)(C)C. The van der Waals surface area contributed by atoms with Crippen LogP contribution in [-0.2, 0) is 16.0 Å². The lowest BCUT2D eigenvalue weighted by Crippen LogP contribution is -2.31. The van der Waals surface area contributed by atoms with Crippen LogP contribution in [0, 0.1) is 0 Å². The lowest BCUT2D eigenvalue weighted by atomic mass is 10.1. The van der Waals surface area contributed by atoms with Gasteiger partial charge in [-0.1, -0.05) is 43.9 Å². The molecule has 1 atom stereocenters. The van der Waals surface area contributed by atoms with Gasteiger partial charge in [-0.05, 0) is 23.6 Å². The van der Waals surface area contributed by atoms with E-state index in [1.165, 1.54) is 0 Å². The molecule has 0 radical (unpaired) electrons. The normalized spacial score (nSPS) is 12.3. The Balaban J connectivity index is 1.98. The molecule has 7 heteroatoms. The second-order valence-corrected chi connectivity index (χ2v) is 14.8. The van der Waals surface area contributed by atoms with E-state index in [0.717, 1.165) is 22.8 Å². The third-order valence-electron chi connectivity index (χ3n) is 4.52. The van der Waals surface area contributed by atoms with Gasteiger partial charge in [0, 0.05) is 44.9 Å². The van der Waals surface area contributed by atoms with E-state index in [-0.39, 0.29) is 12.2 Å². The van der Waals surface area contributed by atoms with Gasteiger partial charge in [0.05, 0.1) is 6.61 Å². The Kier molecular flexibility index (Phi) is 8.91. The van der Waals surface area contributed by atoms with Crippen molar-refractivity contribution >= 4 is 31.8 Å².